The molecule has 0 radical (unpaired) electrons. The second-order valence-corrected chi connectivity index (χ2v) is 8.48. The molecule has 0 atom stereocenters. The first-order chi connectivity index (χ1) is 16.0. The fourth-order valence-corrected chi connectivity index (χ4v) is 4.24. The zero-order chi connectivity index (χ0) is 24.8. The zero-order valence-electron chi connectivity index (χ0n) is 17.5. The predicted octanol–water partition coefficient (Wildman–Crippen LogP) is 3.44. The number of nitrogens with one attached hydrogen (secondary N) is 1. The van der Waals surface area contributed by atoms with Crippen LogP contribution in [0.25, 0.3) is 17.1 Å². The molecule has 0 spiro atoms. The number of carboxylic acids is 1. The minimum Gasteiger partial charge on any atom is -0.476 e. The van der Waals surface area contributed by atoms with E-state index in [4.69, 9.17) is 32.8 Å². The van der Waals surface area contributed by atoms with Gasteiger partial charge in [0.25, 0.3) is 11.4 Å². The minimum absolute atomic E-state index is 0.0263. The quantitative estimate of drug-likeness (QED) is 0.419. The van der Waals surface area contributed by atoms with Gasteiger partial charge in [-0.05, 0) is 50.2 Å². The van der Waals surface area contributed by atoms with Gasteiger partial charge < -0.3 is 9.63 Å². The van der Waals surface area contributed by atoms with Crippen LogP contribution in [0.4, 0.5) is 4.39 Å². The average molecular weight is 506 g/mol. The minimum atomic E-state index is -1.61. The normalized spacial score (nSPS) is 11.6. The van der Waals surface area contributed by atoms with Crippen molar-refractivity contribution in [3.8, 4) is 17.1 Å². The Balaban J connectivity index is 1.78. The molecule has 4 aromatic rings. The fraction of sp³-hybridized carbons (Fsp3) is 0.143. The Kier molecular flexibility index (Phi) is 5.84. The molecule has 4 rings (SSSR count). The van der Waals surface area contributed by atoms with E-state index in [-0.39, 0.29) is 27.4 Å². The molecule has 34 heavy (non-hydrogen) atoms. The number of benzene rings is 2. The maximum absolute atomic E-state index is 13.2. The van der Waals surface area contributed by atoms with E-state index in [1.165, 1.54) is 36.4 Å². The maximum atomic E-state index is 13.2. The van der Waals surface area contributed by atoms with E-state index in [1.54, 1.807) is 13.8 Å². The van der Waals surface area contributed by atoms with Crippen molar-refractivity contribution < 1.29 is 18.8 Å². The summed E-state index contributed by atoms with van der Waals surface area (Å²) < 4.78 is 19.2. The van der Waals surface area contributed by atoms with Crippen LogP contribution in [0.2, 0.25) is 10.0 Å². The van der Waals surface area contributed by atoms with Gasteiger partial charge in [-0.1, -0.05) is 28.4 Å². The topological polar surface area (TPSA) is 144 Å². The van der Waals surface area contributed by atoms with E-state index < -0.39 is 34.1 Å². The van der Waals surface area contributed by atoms with E-state index in [2.05, 4.69) is 15.2 Å². The summed E-state index contributed by atoms with van der Waals surface area (Å²) in [6, 6.07) is 8.19. The first-order valence-corrected chi connectivity index (χ1v) is 10.3. The lowest BCUT2D eigenvalue weighted by atomic mass is 9.83. The average Bonchev–Trinajstić information content (AvgIpc) is 3.24. The second kappa shape index (κ2) is 8.50. The number of carboxylic acid groups (broad SMARTS) is 1. The molecule has 2 heterocycles. The van der Waals surface area contributed by atoms with Gasteiger partial charge in [0.05, 0.1) is 11.1 Å². The van der Waals surface area contributed by atoms with E-state index in [9.17, 15) is 18.8 Å². The lowest BCUT2D eigenvalue weighted by molar-refractivity contribution is 0.0685. The molecule has 0 fully saturated rings. The summed E-state index contributed by atoms with van der Waals surface area (Å²) in [5.74, 6) is -1.62. The van der Waals surface area contributed by atoms with E-state index >= 15 is 0 Å². The third-order valence-corrected chi connectivity index (χ3v) is 5.60. The highest BCUT2D eigenvalue weighted by molar-refractivity contribution is 6.36. The second-order valence-electron chi connectivity index (χ2n) is 7.66. The van der Waals surface area contributed by atoms with Crippen LogP contribution in [0.15, 0.2) is 50.5 Å². The van der Waals surface area contributed by atoms with Gasteiger partial charge in [-0.3, -0.25) is 9.78 Å². The molecule has 2 N–H and O–H groups in total. The van der Waals surface area contributed by atoms with Crippen LogP contribution in [0.1, 0.15) is 35.7 Å². The number of nitrogens with zero attached hydrogens (tertiary/aromatic N) is 4. The van der Waals surface area contributed by atoms with Gasteiger partial charge in [-0.15, -0.1) is 0 Å². The summed E-state index contributed by atoms with van der Waals surface area (Å²) in [6.45, 7) is 3.48. The number of carbonyl (C=O) groups is 1. The van der Waals surface area contributed by atoms with Gasteiger partial charge in [0.2, 0.25) is 5.69 Å². The fourth-order valence-electron chi connectivity index (χ4n) is 3.29. The Morgan fingerprint density at radius 3 is 2.35 bits per heavy atom. The smallest absolute Gasteiger partial charge is 0.362 e. The molecule has 0 amide bonds. The molecular weight excluding hydrogens is 492 g/mol. The first-order valence-electron chi connectivity index (χ1n) is 9.56. The summed E-state index contributed by atoms with van der Waals surface area (Å²) in [7, 11) is 0. The van der Waals surface area contributed by atoms with Gasteiger partial charge in [0, 0.05) is 21.2 Å². The predicted molar refractivity (Wildman–Crippen MR) is 119 cm³/mol. The number of hydrogen-bond acceptors (Lipinski definition) is 7. The van der Waals surface area contributed by atoms with Crippen molar-refractivity contribution >= 4 is 29.2 Å². The van der Waals surface area contributed by atoms with Gasteiger partial charge in [0.1, 0.15) is 5.82 Å². The highest BCUT2D eigenvalue weighted by Crippen LogP contribution is 2.40. The number of rotatable bonds is 5. The molecule has 2 aromatic heterocycles. The molecule has 0 aliphatic heterocycles. The molecule has 0 bridgehead atoms. The largest absolute Gasteiger partial charge is 0.476 e. The van der Waals surface area contributed by atoms with Crippen LogP contribution in [0, 0.1) is 5.82 Å². The van der Waals surface area contributed by atoms with Crippen LogP contribution in [-0.4, -0.2) is 36.0 Å². The first kappa shape index (κ1) is 23.3. The zero-order valence-corrected chi connectivity index (χ0v) is 19.0. The van der Waals surface area contributed by atoms with Crippen LogP contribution < -0.4 is 11.2 Å². The van der Waals surface area contributed by atoms with E-state index in [0.717, 1.165) is 0 Å². The summed E-state index contributed by atoms with van der Waals surface area (Å²) in [5, 5.41) is 16.9. The summed E-state index contributed by atoms with van der Waals surface area (Å²) in [6.07, 6.45) is 0. The van der Waals surface area contributed by atoms with Crippen molar-refractivity contribution in [3.63, 3.8) is 0 Å². The Morgan fingerprint density at radius 1 is 1.15 bits per heavy atom. The molecule has 0 aliphatic carbocycles. The molecule has 2 aromatic carbocycles. The highest BCUT2D eigenvalue weighted by atomic mass is 35.5. The van der Waals surface area contributed by atoms with Gasteiger partial charge >= 0.3 is 11.7 Å². The van der Waals surface area contributed by atoms with Gasteiger partial charge in [-0.25, -0.2) is 14.0 Å². The number of aromatic amines is 1. The molecule has 0 saturated heterocycles. The molecule has 0 unspecified atom stereocenters. The van der Waals surface area contributed by atoms with E-state index in [0.29, 0.717) is 15.8 Å². The molecule has 0 saturated carbocycles. The Hall–Kier alpha value is -3.83. The van der Waals surface area contributed by atoms with E-state index in [1.807, 2.05) is 4.98 Å². The van der Waals surface area contributed by atoms with Crippen LogP contribution in [-0.2, 0) is 5.41 Å². The summed E-state index contributed by atoms with van der Waals surface area (Å²) >= 11 is 13.0. The molecule has 0 aliphatic rings. The standard InChI is InChI=1S/C21H14Cl2FN5O5/c1-21(2,19-26-17(34-28-19)9-3-5-10(24)6-4-9)14-12(22)7-11(8-13(14)23)29-20(33)25-16(30)15(27-29)18(31)32/h3-8H,1-2H3,(H,31,32)(H,25,30,33). The number of aromatic nitrogens is 5. The monoisotopic (exact) mass is 505 g/mol. The third-order valence-electron chi connectivity index (χ3n) is 5.00. The number of aromatic carboxylic acids is 1. The van der Waals surface area contributed by atoms with Crippen molar-refractivity contribution in [3.05, 3.63) is 90.2 Å². The number of H-pyrrole nitrogens is 1. The van der Waals surface area contributed by atoms with Gasteiger partial charge in [0.15, 0.2) is 5.82 Å². The lowest BCUT2D eigenvalue weighted by Crippen LogP contribution is -2.35. The highest BCUT2D eigenvalue weighted by Gasteiger charge is 2.34. The SMILES string of the molecule is CC(C)(c1noc(-c2ccc(F)cc2)n1)c1c(Cl)cc(-n2nc(C(=O)O)c(=O)[nH]c2=O)cc1Cl. The lowest BCUT2D eigenvalue weighted by Gasteiger charge is -2.24. The van der Waals surface area contributed by atoms with Crippen molar-refractivity contribution in [1.29, 1.82) is 0 Å². The molecule has 10 nitrogen and oxygen atoms in total. The van der Waals surface area contributed by atoms with Crippen molar-refractivity contribution in [1.82, 2.24) is 24.9 Å². The molecular formula is C21H14Cl2FN5O5. The third kappa shape index (κ3) is 4.11. The number of hydrogen-bond donors (Lipinski definition) is 2. The summed E-state index contributed by atoms with van der Waals surface area (Å²) in [5.41, 5.74) is -3.04. The molecule has 13 heteroatoms. The van der Waals surface area contributed by atoms with Crippen LogP contribution in [0.3, 0.4) is 0 Å². The Labute approximate surface area is 199 Å². The number of halogens is 3. The van der Waals surface area contributed by atoms with Gasteiger partial charge in [-0.2, -0.15) is 14.8 Å². The van der Waals surface area contributed by atoms with Crippen molar-refractivity contribution in [2.75, 3.05) is 0 Å². The van der Waals surface area contributed by atoms with Crippen molar-refractivity contribution in [2.24, 2.45) is 0 Å². The van der Waals surface area contributed by atoms with Crippen LogP contribution >= 0.6 is 23.2 Å². The van der Waals surface area contributed by atoms with Crippen molar-refractivity contribution in [2.45, 2.75) is 19.3 Å². The van der Waals surface area contributed by atoms with Crippen LogP contribution in [0.5, 0.6) is 0 Å². The molecule has 174 valence electrons. The Morgan fingerprint density at radius 2 is 1.76 bits per heavy atom. The maximum Gasteiger partial charge on any atom is 0.362 e. The Bertz CT molecular complexity index is 1520. The summed E-state index contributed by atoms with van der Waals surface area (Å²) in [4.78, 5) is 41.4.